The molecule has 0 spiro atoms. The van der Waals surface area contributed by atoms with Crippen LogP contribution in [0, 0.1) is 17.8 Å². The average Bonchev–Trinajstić information content (AvgIpc) is 2.79. The predicted octanol–water partition coefficient (Wildman–Crippen LogP) is 2.71. The van der Waals surface area contributed by atoms with Gasteiger partial charge in [-0.3, -0.25) is 4.90 Å². The molecule has 3 nitrogen and oxygen atoms in total. The summed E-state index contributed by atoms with van der Waals surface area (Å²) in [6.45, 7) is 13.9. The fourth-order valence-electron chi connectivity index (χ4n) is 3.69. The van der Waals surface area contributed by atoms with Crippen molar-refractivity contribution in [2.75, 3.05) is 46.4 Å². The van der Waals surface area contributed by atoms with Gasteiger partial charge in [-0.2, -0.15) is 0 Å². The molecule has 2 unspecified atom stereocenters. The number of hydrogen-bond donors (Lipinski definition) is 0. The molecule has 0 saturated carbocycles. The molecule has 3 atom stereocenters. The zero-order valence-electron chi connectivity index (χ0n) is 14.0. The summed E-state index contributed by atoms with van der Waals surface area (Å²) in [6.07, 6.45) is 4.14. The van der Waals surface area contributed by atoms with E-state index in [2.05, 4.69) is 37.6 Å². The molecule has 2 aliphatic heterocycles. The van der Waals surface area contributed by atoms with E-state index in [9.17, 15) is 0 Å². The molecule has 0 aromatic carbocycles. The van der Waals surface area contributed by atoms with Gasteiger partial charge in [0.25, 0.3) is 0 Å². The highest BCUT2D eigenvalue weighted by Gasteiger charge is 2.31. The number of hydrogen-bond acceptors (Lipinski definition) is 3. The minimum absolute atomic E-state index is 0.821. The summed E-state index contributed by atoms with van der Waals surface area (Å²) < 4.78 is 5.41. The lowest BCUT2D eigenvalue weighted by Gasteiger charge is -2.29. The molecule has 2 fully saturated rings. The van der Waals surface area contributed by atoms with Gasteiger partial charge in [0.1, 0.15) is 0 Å². The van der Waals surface area contributed by atoms with E-state index in [0.717, 1.165) is 50.1 Å². The van der Waals surface area contributed by atoms with Gasteiger partial charge in [0.15, 0.2) is 0 Å². The minimum Gasteiger partial charge on any atom is -0.379 e. The van der Waals surface area contributed by atoms with Crippen LogP contribution in [0.1, 0.15) is 40.0 Å². The van der Waals surface area contributed by atoms with Crippen molar-refractivity contribution in [2.45, 2.75) is 46.1 Å². The maximum Gasteiger partial charge on any atom is 0.0594 e. The molecule has 20 heavy (non-hydrogen) atoms. The first kappa shape index (κ1) is 16.3. The molecule has 2 saturated heterocycles. The second kappa shape index (κ2) is 7.77. The number of likely N-dealkylation sites (tertiary alicyclic amines) is 1. The van der Waals surface area contributed by atoms with Gasteiger partial charge < -0.3 is 9.64 Å². The Balaban J connectivity index is 1.67. The molecule has 0 amide bonds. The second-order valence-corrected chi connectivity index (χ2v) is 7.42. The molecule has 2 rings (SSSR count). The summed E-state index contributed by atoms with van der Waals surface area (Å²) >= 11 is 0. The second-order valence-electron chi connectivity index (χ2n) is 7.42. The van der Waals surface area contributed by atoms with Crippen molar-refractivity contribution in [1.82, 2.24) is 9.80 Å². The van der Waals surface area contributed by atoms with Crippen molar-refractivity contribution in [3.63, 3.8) is 0 Å². The number of morpholine rings is 1. The third-order valence-corrected chi connectivity index (χ3v) is 5.38. The molecular formula is C17H34N2O. The Hall–Kier alpha value is -0.120. The zero-order valence-corrected chi connectivity index (χ0v) is 14.0. The van der Waals surface area contributed by atoms with E-state index in [0.29, 0.717) is 0 Å². The van der Waals surface area contributed by atoms with Crippen LogP contribution in [0.15, 0.2) is 0 Å². The van der Waals surface area contributed by atoms with Gasteiger partial charge in [-0.25, -0.2) is 0 Å². The molecule has 0 N–H and O–H groups in total. The van der Waals surface area contributed by atoms with Crippen molar-refractivity contribution in [3.05, 3.63) is 0 Å². The lowest BCUT2D eigenvalue weighted by atomic mass is 9.90. The van der Waals surface area contributed by atoms with E-state index in [4.69, 9.17) is 4.74 Å². The first-order valence-corrected chi connectivity index (χ1v) is 8.56. The van der Waals surface area contributed by atoms with Crippen LogP contribution < -0.4 is 0 Å². The largest absolute Gasteiger partial charge is 0.379 e. The smallest absolute Gasteiger partial charge is 0.0594 e. The highest BCUT2D eigenvalue weighted by Crippen LogP contribution is 2.31. The minimum atomic E-state index is 0.821. The van der Waals surface area contributed by atoms with E-state index in [1.165, 1.54) is 32.4 Å². The van der Waals surface area contributed by atoms with Crippen LogP contribution in [0.5, 0.6) is 0 Å². The molecule has 0 aliphatic carbocycles. The summed E-state index contributed by atoms with van der Waals surface area (Å²) in [6, 6.07) is 0.821. The van der Waals surface area contributed by atoms with Crippen molar-refractivity contribution in [3.8, 4) is 0 Å². The highest BCUT2D eigenvalue weighted by molar-refractivity contribution is 4.85. The van der Waals surface area contributed by atoms with Crippen LogP contribution in [0.2, 0.25) is 0 Å². The summed E-state index contributed by atoms with van der Waals surface area (Å²) in [5, 5.41) is 0. The predicted molar refractivity (Wildman–Crippen MR) is 85.0 cm³/mol. The standard InChI is InChI=1S/C17H34N2O/c1-14(2)16-12-17(18(4)13-16)11-15(3)5-6-19-7-9-20-10-8-19/h14-17H,5-13H2,1-4H3/t15?,16-,17?/m1/s1. The number of rotatable bonds is 6. The molecule has 118 valence electrons. The number of ether oxygens (including phenoxy) is 1. The third kappa shape index (κ3) is 4.71. The van der Waals surface area contributed by atoms with Crippen molar-refractivity contribution < 1.29 is 4.74 Å². The molecular weight excluding hydrogens is 248 g/mol. The molecule has 0 aromatic rings. The SMILES string of the molecule is CC(CCN1CCOCC1)CC1C[C@@H](C(C)C)CN1C. The summed E-state index contributed by atoms with van der Waals surface area (Å²) in [5.41, 5.74) is 0. The highest BCUT2D eigenvalue weighted by atomic mass is 16.5. The fraction of sp³-hybridized carbons (Fsp3) is 1.00. The van der Waals surface area contributed by atoms with Crippen LogP contribution in [-0.2, 0) is 4.74 Å². The van der Waals surface area contributed by atoms with Gasteiger partial charge in [0, 0.05) is 25.7 Å². The Labute approximate surface area is 125 Å². The molecule has 2 aliphatic rings. The normalized spacial score (nSPS) is 31.1. The van der Waals surface area contributed by atoms with Gasteiger partial charge in [0.05, 0.1) is 13.2 Å². The lowest BCUT2D eigenvalue weighted by molar-refractivity contribution is 0.0351. The van der Waals surface area contributed by atoms with Crippen molar-refractivity contribution in [1.29, 1.82) is 0 Å². The summed E-state index contributed by atoms with van der Waals surface area (Å²) in [5.74, 6) is 2.60. The Morgan fingerprint density at radius 2 is 1.85 bits per heavy atom. The molecule has 3 heteroatoms. The van der Waals surface area contributed by atoms with Crippen LogP contribution >= 0.6 is 0 Å². The molecule has 2 heterocycles. The van der Waals surface area contributed by atoms with Crippen molar-refractivity contribution in [2.24, 2.45) is 17.8 Å². The van der Waals surface area contributed by atoms with Crippen LogP contribution in [0.25, 0.3) is 0 Å². The fourth-order valence-corrected chi connectivity index (χ4v) is 3.69. The first-order valence-electron chi connectivity index (χ1n) is 8.56. The lowest BCUT2D eigenvalue weighted by Crippen LogP contribution is -2.37. The molecule has 0 radical (unpaired) electrons. The van der Waals surface area contributed by atoms with Gasteiger partial charge >= 0.3 is 0 Å². The van der Waals surface area contributed by atoms with Gasteiger partial charge in [-0.1, -0.05) is 20.8 Å². The quantitative estimate of drug-likeness (QED) is 0.745. The Bertz CT molecular complexity index is 276. The average molecular weight is 282 g/mol. The van der Waals surface area contributed by atoms with Gasteiger partial charge in [0.2, 0.25) is 0 Å². The van der Waals surface area contributed by atoms with Crippen molar-refractivity contribution >= 4 is 0 Å². The van der Waals surface area contributed by atoms with Gasteiger partial charge in [-0.15, -0.1) is 0 Å². The van der Waals surface area contributed by atoms with E-state index in [1.807, 2.05) is 0 Å². The maximum absolute atomic E-state index is 5.41. The summed E-state index contributed by atoms with van der Waals surface area (Å²) in [4.78, 5) is 5.17. The Morgan fingerprint density at radius 3 is 2.45 bits per heavy atom. The first-order chi connectivity index (χ1) is 9.56. The van der Waals surface area contributed by atoms with E-state index >= 15 is 0 Å². The van der Waals surface area contributed by atoms with Gasteiger partial charge in [-0.05, 0) is 50.6 Å². The molecule has 0 bridgehead atoms. The Kier molecular flexibility index (Phi) is 6.31. The Morgan fingerprint density at radius 1 is 1.15 bits per heavy atom. The van der Waals surface area contributed by atoms with Crippen LogP contribution in [0.3, 0.4) is 0 Å². The van der Waals surface area contributed by atoms with E-state index < -0.39 is 0 Å². The number of nitrogens with zero attached hydrogens (tertiary/aromatic N) is 2. The maximum atomic E-state index is 5.41. The van der Waals surface area contributed by atoms with E-state index in [1.54, 1.807) is 0 Å². The van der Waals surface area contributed by atoms with E-state index in [-0.39, 0.29) is 0 Å². The topological polar surface area (TPSA) is 15.7 Å². The molecule has 0 aromatic heterocycles. The van der Waals surface area contributed by atoms with Crippen LogP contribution in [-0.4, -0.2) is 62.3 Å². The third-order valence-electron chi connectivity index (χ3n) is 5.38. The van der Waals surface area contributed by atoms with Crippen LogP contribution in [0.4, 0.5) is 0 Å². The monoisotopic (exact) mass is 282 g/mol. The summed E-state index contributed by atoms with van der Waals surface area (Å²) in [7, 11) is 2.32. The zero-order chi connectivity index (χ0) is 14.5.